The van der Waals surface area contributed by atoms with Gasteiger partial charge in [-0.1, -0.05) is 72.8 Å². The van der Waals surface area contributed by atoms with Gasteiger partial charge in [0.25, 0.3) is 0 Å². The molecule has 0 bridgehead atoms. The van der Waals surface area contributed by atoms with Crippen molar-refractivity contribution in [1.29, 1.82) is 0 Å². The molecule has 11 aromatic rings. The van der Waals surface area contributed by atoms with Gasteiger partial charge in [-0.25, -0.2) is 8.78 Å². The van der Waals surface area contributed by atoms with Crippen molar-refractivity contribution in [1.82, 2.24) is 35.8 Å². The van der Waals surface area contributed by atoms with Gasteiger partial charge in [0.1, 0.15) is 24.8 Å². The minimum absolute atomic E-state index is 0. The number of hydrazine groups is 1. The number of nitrogens with two attached hydrogens (primary N) is 6. The molecular formula is C82H104Cl2F2N14O15S4. The predicted octanol–water partition coefficient (Wildman–Crippen LogP) is 13.3. The molecule has 644 valence electrons. The number of nitrogens with zero attached hydrogens (tertiary/aromatic N) is 1. The number of anilines is 1. The highest BCUT2D eigenvalue weighted by Gasteiger charge is 2.16. The maximum atomic E-state index is 13.0. The third kappa shape index (κ3) is 37.6. The third-order valence-corrected chi connectivity index (χ3v) is 20.5. The maximum Gasteiger partial charge on any atom is 0.246 e. The van der Waals surface area contributed by atoms with Gasteiger partial charge in [-0.2, -0.15) is 23.6 Å². The molecule has 1 aliphatic rings. The topological polar surface area (TPSA) is 420 Å². The number of fused-ring (bicyclic) bond motifs is 3. The number of aliphatic hydroxyl groups is 1. The molecule has 20 N–H and O–H groups in total. The van der Waals surface area contributed by atoms with Gasteiger partial charge in [0.2, 0.25) is 11.8 Å². The van der Waals surface area contributed by atoms with E-state index >= 15 is 0 Å². The van der Waals surface area contributed by atoms with Gasteiger partial charge in [-0.3, -0.25) is 20.3 Å². The van der Waals surface area contributed by atoms with E-state index in [0.717, 1.165) is 214 Å². The number of alkyl halides is 1. The molecule has 29 nitrogen and oxygen atoms in total. The zero-order valence-corrected chi connectivity index (χ0v) is 70.3. The lowest BCUT2D eigenvalue weighted by Crippen LogP contribution is -2.29. The van der Waals surface area contributed by atoms with Gasteiger partial charge < -0.3 is 66.1 Å². The van der Waals surface area contributed by atoms with Gasteiger partial charge in [-0.05, 0) is 224 Å². The fourth-order valence-electron chi connectivity index (χ4n) is 11.9. The first kappa shape index (κ1) is 98.2. The Labute approximate surface area is 718 Å². The summed E-state index contributed by atoms with van der Waals surface area (Å²) in [5, 5.41) is 22.3. The third-order valence-electron chi connectivity index (χ3n) is 17.8. The molecule has 0 atom stereocenters. The van der Waals surface area contributed by atoms with Crippen LogP contribution < -0.4 is 56.5 Å². The van der Waals surface area contributed by atoms with Crippen molar-refractivity contribution < 1.29 is 79.7 Å². The lowest BCUT2D eigenvalue weighted by Gasteiger charge is -2.21. The van der Waals surface area contributed by atoms with Crippen molar-refractivity contribution in [2.75, 3.05) is 83.6 Å². The number of hydrogen-bond acceptors (Lipinski definition) is 28. The molecule has 1 fully saturated rings. The molecule has 2 amide bonds. The summed E-state index contributed by atoms with van der Waals surface area (Å²) in [6.45, 7) is 7.61. The summed E-state index contributed by atoms with van der Waals surface area (Å²) in [5.74, 6) is 24.3. The second-order valence-corrected chi connectivity index (χ2v) is 29.7. The van der Waals surface area contributed by atoms with Crippen LogP contribution in [-0.4, -0.2) is 121 Å². The zero-order valence-electron chi connectivity index (χ0n) is 65.5. The lowest BCUT2D eigenvalue weighted by molar-refractivity contribution is -0.195. The normalized spacial score (nSPS) is 11.8. The van der Waals surface area contributed by atoms with Crippen LogP contribution in [0.5, 0.6) is 0 Å². The molecule has 12 rings (SSSR count). The van der Waals surface area contributed by atoms with E-state index in [9.17, 15) is 23.5 Å². The molecule has 1 aliphatic heterocycles. The van der Waals surface area contributed by atoms with Crippen molar-refractivity contribution in [3.63, 3.8) is 0 Å². The molecule has 0 aliphatic carbocycles. The Kier molecular flexibility index (Phi) is 48.0. The van der Waals surface area contributed by atoms with Crippen LogP contribution in [0.3, 0.4) is 0 Å². The number of nitrogens with one attached hydrogen (secondary N) is 7. The van der Waals surface area contributed by atoms with Crippen molar-refractivity contribution in [2.45, 2.75) is 110 Å². The van der Waals surface area contributed by atoms with Crippen LogP contribution in [0.2, 0.25) is 0 Å². The quantitative estimate of drug-likeness (QED) is 0.00421. The number of benzene rings is 8. The number of halogens is 4. The Morgan fingerprint density at radius 1 is 0.504 bits per heavy atom. The largest absolute Gasteiger partial charge is 0.395 e. The Morgan fingerprint density at radius 2 is 0.916 bits per heavy atom. The first-order valence-electron chi connectivity index (χ1n) is 37.8. The lowest BCUT2D eigenvalue weighted by atomic mass is 10.1. The summed E-state index contributed by atoms with van der Waals surface area (Å²) in [6.07, 6.45) is 13.9. The highest BCUT2D eigenvalue weighted by Crippen LogP contribution is 2.30. The summed E-state index contributed by atoms with van der Waals surface area (Å²) in [6, 6.07) is 54.2. The molecule has 0 spiro atoms. The molecular weight excluding hydrogens is 1660 g/mol. The smallest absolute Gasteiger partial charge is 0.246 e. The molecule has 4 heterocycles. The number of carbonyl (C=O) groups is 2. The van der Waals surface area contributed by atoms with Crippen LogP contribution in [-0.2, 0) is 124 Å². The Balaban J connectivity index is 0.000000229. The Morgan fingerprint density at radius 3 is 1.34 bits per heavy atom. The molecule has 3 aromatic heterocycles. The Bertz CT molecular complexity index is 4620. The second kappa shape index (κ2) is 58.2. The minimum Gasteiger partial charge on any atom is -0.395 e. The second-order valence-electron chi connectivity index (χ2n) is 26.2. The summed E-state index contributed by atoms with van der Waals surface area (Å²) >= 11 is 9.70. The summed E-state index contributed by atoms with van der Waals surface area (Å²) in [7, 11) is 0. The zero-order chi connectivity index (χ0) is 83.6. The number of amides is 2. The van der Waals surface area contributed by atoms with Crippen LogP contribution in [0.15, 0.2) is 214 Å². The number of aryl methyl sites for hydroxylation is 2. The van der Waals surface area contributed by atoms with Crippen LogP contribution >= 0.6 is 72.2 Å². The van der Waals surface area contributed by atoms with Crippen LogP contribution in [0, 0.1) is 11.6 Å². The summed E-state index contributed by atoms with van der Waals surface area (Å²) in [4.78, 5) is 56.0. The van der Waals surface area contributed by atoms with Crippen molar-refractivity contribution in [3.8, 4) is 0 Å². The van der Waals surface area contributed by atoms with Gasteiger partial charge in [0.15, 0.2) is 6.29 Å². The molecule has 8 aromatic carbocycles. The fourth-order valence-corrected chi connectivity index (χ4v) is 13.7. The summed E-state index contributed by atoms with van der Waals surface area (Å²) in [5.41, 5.74) is 22.2. The highest BCUT2D eigenvalue weighted by molar-refractivity contribution is 7.95. The van der Waals surface area contributed by atoms with E-state index in [4.69, 9.17) is 68.5 Å². The number of H-pyrrole nitrogens is 3. The van der Waals surface area contributed by atoms with Crippen molar-refractivity contribution in [2.24, 2.45) is 35.2 Å². The fraction of sp³-hybridized carbons (Fsp3) is 0.317. The Hall–Kier alpha value is -7.88. The summed E-state index contributed by atoms with van der Waals surface area (Å²) < 4.78 is 65.6. The highest BCUT2D eigenvalue weighted by atomic mass is 35.5. The molecule has 0 unspecified atom stereocenters. The number of rotatable bonds is 46. The first-order valence-corrected chi connectivity index (χ1v) is 41.3. The number of hydrogen-bond donors (Lipinski definition) is 14. The van der Waals surface area contributed by atoms with E-state index in [1.54, 1.807) is 24.3 Å². The minimum atomic E-state index is -0.298. The van der Waals surface area contributed by atoms with E-state index in [1.165, 1.54) is 63.2 Å². The number of carbonyl (C=O) groups excluding carboxylic acids is 2. The van der Waals surface area contributed by atoms with Crippen molar-refractivity contribution in [3.05, 3.63) is 256 Å². The SMILES string of the molecule is Cl.ClCCCC1OCCO1.NCCc1c[nH]c2ccc(SOON)cc12.NNc1ccc(SOON)cc1.NOOSc1ccc2[nH]cc(CCN(CCO)Cc3ccc(CCCNC(=O)COCc4ccc(F)cc4)cc3)c2c1.NOOSc1ccc2[nH]cc(CCNCc3ccc(CCCNC(=O)COCc4ccc(F)cc4)cc3)c2c1. The number of nitrogen functional groups attached to an aromatic ring is 1. The molecule has 1 saturated heterocycles. The van der Waals surface area contributed by atoms with Crippen LogP contribution in [0.4, 0.5) is 14.5 Å². The van der Waals surface area contributed by atoms with E-state index in [2.05, 4.69) is 130 Å². The van der Waals surface area contributed by atoms with Gasteiger partial charge in [0.05, 0.1) is 81.2 Å². The molecule has 119 heavy (non-hydrogen) atoms. The number of aromatic amines is 3. The van der Waals surface area contributed by atoms with Gasteiger partial charge in [0, 0.05) is 122 Å². The van der Waals surface area contributed by atoms with E-state index in [-0.39, 0.29) is 75.2 Å². The number of aromatic nitrogens is 3. The predicted molar refractivity (Wildman–Crippen MR) is 463 cm³/mol. The van der Waals surface area contributed by atoms with E-state index < -0.39 is 0 Å². The van der Waals surface area contributed by atoms with Gasteiger partial charge in [-0.15, -0.1) is 61.3 Å². The molecule has 0 saturated carbocycles. The molecule has 37 heteroatoms. The monoisotopic (exact) mass is 1760 g/mol. The van der Waals surface area contributed by atoms with Gasteiger partial charge >= 0.3 is 0 Å². The maximum absolute atomic E-state index is 13.0. The average molecular weight is 1760 g/mol. The van der Waals surface area contributed by atoms with Crippen LogP contribution in [0.25, 0.3) is 32.7 Å². The number of aliphatic hydroxyl groups excluding tert-OH is 1. The average Bonchev–Trinajstić information content (AvgIpc) is 1.71. The molecule has 0 radical (unpaired) electrons. The van der Waals surface area contributed by atoms with Crippen molar-refractivity contribution >= 4 is 122 Å². The standard InChI is InChI=1S/C31H37FN4O5S.C29H33FN4O4S.C10H13N3O2S.C6H11ClO2.C6H9N3O2S.ClH/c32-27-9-7-25(8-10-27)21-39-22-31(38)34-14-1-2-23-3-5-24(6-4-23)20-36(16-17-37)15-13-26-19-35-30-12-11-28(18-29(26)30)42-41-40-33;30-25-9-7-23(8-10-25)19-36-20-29(35)33-14-1-2-21-3-5-22(6-4-21)17-32-15-13-24-18-34-28-12-11-26(16-27(24)28)39-38-37-31;11-4-3-7-6-13-10-2-1-8(5-9(7)10)16-15-14-12;7-3-1-2-6-8-4-5-9-6;7-9-5-1-3-6(4-2-5)12-11-10-8;/h3-12,18-19,35,37H,1-2,13-17,20-22,33H2,(H,34,38);3-12,16,18,32,34H,1-2,13-15,17,19-20,31H2,(H,33,35);1-2,5-6,13H,3-4,11-12H2;6H,1-5H2;1-4,9H,7-8H2;1H. The first-order chi connectivity index (χ1) is 57.8. The van der Waals surface area contributed by atoms with E-state index in [0.29, 0.717) is 32.1 Å². The van der Waals surface area contributed by atoms with E-state index in [1.807, 2.05) is 91.4 Å². The number of ether oxygens (including phenoxy) is 4. The van der Waals surface area contributed by atoms with Crippen LogP contribution in [0.1, 0.15) is 75.8 Å².